The molecule has 3 aromatic heterocycles. The van der Waals surface area contributed by atoms with Crippen LogP contribution < -0.4 is 33.1 Å². The van der Waals surface area contributed by atoms with Crippen LogP contribution >= 0.6 is 22.9 Å². The summed E-state index contributed by atoms with van der Waals surface area (Å²) in [7, 11) is 0. The Bertz CT molecular complexity index is 1820. The highest BCUT2D eigenvalue weighted by Crippen LogP contribution is 2.31. The second kappa shape index (κ2) is 15.3. The summed E-state index contributed by atoms with van der Waals surface area (Å²) >= 11 is 7.79. The number of guanidine groups is 1. The molecule has 0 bridgehead atoms. The van der Waals surface area contributed by atoms with Gasteiger partial charge in [0.05, 0.1) is 16.4 Å². The van der Waals surface area contributed by atoms with E-state index < -0.39 is 11.5 Å². The van der Waals surface area contributed by atoms with Gasteiger partial charge >= 0.3 is 5.69 Å². The summed E-state index contributed by atoms with van der Waals surface area (Å²) < 4.78 is 16.6. The van der Waals surface area contributed by atoms with E-state index in [0.29, 0.717) is 47.6 Å². The molecule has 3 heterocycles. The number of fused-ring (bicyclic) bond motifs is 1. The van der Waals surface area contributed by atoms with Gasteiger partial charge in [0.1, 0.15) is 5.65 Å². The van der Waals surface area contributed by atoms with Crippen LogP contribution in [0.15, 0.2) is 65.0 Å². The van der Waals surface area contributed by atoms with Gasteiger partial charge in [-0.1, -0.05) is 23.7 Å². The minimum Gasteiger partial charge on any atom is -0.370 e. The lowest BCUT2D eigenvalue weighted by Gasteiger charge is -2.20. The molecule has 0 unspecified atom stereocenters. The first kappa shape index (κ1) is 33.1. The molecule has 5 rings (SSSR count). The van der Waals surface area contributed by atoms with E-state index >= 15 is 4.39 Å². The van der Waals surface area contributed by atoms with E-state index in [1.165, 1.54) is 15.9 Å². The van der Waals surface area contributed by atoms with Crippen LogP contribution in [0.3, 0.4) is 0 Å². The van der Waals surface area contributed by atoms with Gasteiger partial charge in [-0.3, -0.25) is 9.98 Å². The highest BCUT2D eigenvalue weighted by molar-refractivity contribution is 7.13. The summed E-state index contributed by atoms with van der Waals surface area (Å²) in [6, 6.07) is 13.0. The summed E-state index contributed by atoms with van der Waals surface area (Å²) in [4.78, 5) is 24.6. The highest BCUT2D eigenvalue weighted by Gasteiger charge is 2.16. The number of benzene rings is 2. The fourth-order valence-corrected chi connectivity index (χ4v) is 5.93. The van der Waals surface area contributed by atoms with Gasteiger partial charge in [0, 0.05) is 60.4 Å². The first-order chi connectivity index (χ1) is 22.2. The van der Waals surface area contributed by atoms with Crippen LogP contribution in [0, 0.1) is 11.2 Å². The quantitative estimate of drug-likeness (QED) is 0.0620. The average Bonchev–Trinajstić information content (AvgIpc) is 3.69. The number of hydrogen-bond donors (Lipinski definition) is 7. The van der Waals surface area contributed by atoms with Gasteiger partial charge in [-0.2, -0.15) is 4.98 Å². The van der Waals surface area contributed by atoms with E-state index in [9.17, 15) is 4.79 Å². The number of nitrogens with zero attached hydrogens (tertiary/aromatic N) is 3. The number of nitrogens with one attached hydrogen (secondary N) is 5. The third-order valence-electron chi connectivity index (χ3n) is 7.56. The van der Waals surface area contributed by atoms with Crippen molar-refractivity contribution in [2.45, 2.75) is 51.2 Å². The van der Waals surface area contributed by atoms with Gasteiger partial charge < -0.3 is 32.4 Å². The number of halogens is 2. The second-order valence-corrected chi connectivity index (χ2v) is 12.6. The minimum absolute atomic E-state index is 0.0453. The van der Waals surface area contributed by atoms with Crippen molar-refractivity contribution >= 4 is 45.1 Å². The van der Waals surface area contributed by atoms with Crippen LogP contribution in [0.5, 0.6) is 0 Å². The molecule has 0 amide bonds. The number of rotatable bonds is 15. The lowest BCUT2D eigenvalue weighted by atomic mass is 10.0. The van der Waals surface area contributed by atoms with Crippen molar-refractivity contribution in [1.29, 1.82) is 5.41 Å². The summed E-state index contributed by atoms with van der Waals surface area (Å²) in [6.45, 7) is 3.77. The summed E-state index contributed by atoms with van der Waals surface area (Å²) in [5, 5.41) is 20.6. The molecular weight excluding hydrogens is 627 g/mol. The molecular formula is C32H38ClFN10OS. The zero-order valence-corrected chi connectivity index (χ0v) is 27.0. The topological polar surface area (TPSA) is 176 Å². The molecule has 0 aliphatic carbocycles. The Morgan fingerprint density at radius 1 is 1.20 bits per heavy atom. The van der Waals surface area contributed by atoms with Gasteiger partial charge in [-0.15, -0.1) is 11.3 Å². The number of anilines is 1. The van der Waals surface area contributed by atoms with Crippen molar-refractivity contribution in [3.8, 4) is 16.9 Å². The largest absolute Gasteiger partial charge is 0.370 e. The van der Waals surface area contributed by atoms with E-state index in [2.05, 4.69) is 30.9 Å². The summed E-state index contributed by atoms with van der Waals surface area (Å²) in [6.07, 6.45) is 6.64. The van der Waals surface area contributed by atoms with Crippen molar-refractivity contribution in [3.05, 3.63) is 92.7 Å². The second-order valence-electron chi connectivity index (χ2n) is 11.3. The zero-order chi connectivity index (χ0) is 32.6. The summed E-state index contributed by atoms with van der Waals surface area (Å²) in [5.41, 5.74) is 14.6. The first-order valence-corrected chi connectivity index (χ1v) is 16.3. The molecule has 0 spiro atoms. The lowest BCUT2D eigenvalue weighted by molar-refractivity contribution is 0.494. The SMILES string of the molecule is C[C@H](N)CCCc1cc(Cl)c(F)c(-c2cc3cn(-c4ccc(CN[C@H](CCNC(=N)N)CNc5nccs5)cc4)c(=O)nc3[nH]2)c1. The van der Waals surface area contributed by atoms with Crippen LogP contribution in [0.1, 0.15) is 37.3 Å². The molecule has 9 N–H and O–H groups in total. The molecule has 11 nitrogen and oxygen atoms in total. The number of aryl methyl sites for hydroxylation is 1. The molecule has 0 radical (unpaired) electrons. The molecule has 0 aliphatic heterocycles. The van der Waals surface area contributed by atoms with Gasteiger partial charge in [0.2, 0.25) is 0 Å². The predicted molar refractivity (Wildman–Crippen MR) is 184 cm³/mol. The van der Waals surface area contributed by atoms with Crippen LogP contribution in [-0.2, 0) is 13.0 Å². The smallest absolute Gasteiger partial charge is 0.354 e. The van der Waals surface area contributed by atoms with Crippen LogP contribution in [0.4, 0.5) is 9.52 Å². The molecule has 2 aromatic carbocycles. The first-order valence-electron chi connectivity index (χ1n) is 15.1. The number of aromatic amines is 1. The monoisotopic (exact) mass is 664 g/mol. The summed E-state index contributed by atoms with van der Waals surface area (Å²) in [5.74, 6) is -0.588. The molecule has 0 saturated heterocycles. The fraction of sp³-hybridized carbons (Fsp3) is 0.312. The molecule has 0 aliphatic rings. The van der Waals surface area contributed by atoms with Gasteiger partial charge in [0.15, 0.2) is 16.9 Å². The van der Waals surface area contributed by atoms with Gasteiger partial charge in [0.25, 0.3) is 0 Å². The third kappa shape index (κ3) is 8.69. The molecule has 0 saturated carbocycles. The van der Waals surface area contributed by atoms with E-state index in [-0.39, 0.29) is 23.1 Å². The normalized spacial score (nSPS) is 12.7. The fourth-order valence-electron chi connectivity index (χ4n) is 5.15. The van der Waals surface area contributed by atoms with Crippen molar-refractivity contribution in [3.63, 3.8) is 0 Å². The number of hydrogen-bond acceptors (Lipinski definition) is 8. The Morgan fingerprint density at radius 2 is 2.00 bits per heavy atom. The van der Waals surface area contributed by atoms with Crippen molar-refractivity contribution in [2.75, 3.05) is 18.4 Å². The van der Waals surface area contributed by atoms with Crippen LogP contribution in [-0.4, -0.2) is 50.7 Å². The Morgan fingerprint density at radius 3 is 2.72 bits per heavy atom. The van der Waals surface area contributed by atoms with E-state index in [1.54, 1.807) is 30.6 Å². The molecule has 0 fully saturated rings. The maximum absolute atomic E-state index is 15.1. The highest BCUT2D eigenvalue weighted by atomic mass is 35.5. The van der Waals surface area contributed by atoms with Gasteiger partial charge in [-0.25, -0.2) is 14.2 Å². The van der Waals surface area contributed by atoms with Crippen molar-refractivity contribution in [2.24, 2.45) is 11.5 Å². The Labute approximate surface area is 275 Å². The lowest BCUT2D eigenvalue weighted by Crippen LogP contribution is -2.40. The standard InChI is InChI=1S/C32H38ClFN10OS/c1-19(35)3-2-4-21-13-25(28(34)26(33)14-21)27-15-22-18-44(32(45)43-29(22)42-27)24-7-5-20(6-8-24)16-40-23(9-10-38-30(36)37)17-41-31-39-11-12-46-31/h5-8,11-15,18-19,23,40H,2-4,9-10,16-17,35H2,1H3,(H,39,41)(H4,36,37,38)(H,42,43,45)/t19-,23+/m0/s1. The minimum atomic E-state index is -0.528. The molecule has 46 heavy (non-hydrogen) atoms. The maximum atomic E-state index is 15.1. The Kier molecular flexibility index (Phi) is 11.0. The number of H-pyrrole nitrogens is 1. The zero-order valence-electron chi connectivity index (χ0n) is 25.4. The van der Waals surface area contributed by atoms with E-state index in [0.717, 1.165) is 41.9 Å². The Balaban J connectivity index is 1.29. The van der Waals surface area contributed by atoms with Crippen molar-refractivity contribution < 1.29 is 4.39 Å². The average molecular weight is 665 g/mol. The maximum Gasteiger partial charge on any atom is 0.354 e. The number of nitrogens with two attached hydrogens (primary N) is 2. The Hall–Kier alpha value is -4.30. The number of thiazole rings is 1. The van der Waals surface area contributed by atoms with E-state index in [1.807, 2.05) is 36.6 Å². The van der Waals surface area contributed by atoms with E-state index in [4.69, 9.17) is 28.5 Å². The predicted octanol–water partition coefficient (Wildman–Crippen LogP) is 4.74. The van der Waals surface area contributed by atoms with Crippen molar-refractivity contribution in [1.82, 2.24) is 30.2 Å². The molecule has 5 aromatic rings. The van der Waals surface area contributed by atoms with Crippen LogP contribution in [0.2, 0.25) is 5.02 Å². The molecule has 2 atom stereocenters. The molecule has 242 valence electrons. The third-order valence-corrected chi connectivity index (χ3v) is 8.57. The van der Waals surface area contributed by atoms with Crippen LogP contribution in [0.25, 0.3) is 28.0 Å². The number of aromatic nitrogens is 4. The molecule has 14 heteroatoms. The van der Waals surface area contributed by atoms with Gasteiger partial charge in [-0.05, 0) is 74.1 Å².